The van der Waals surface area contributed by atoms with Crippen LogP contribution in [0.1, 0.15) is 23.6 Å². The van der Waals surface area contributed by atoms with Crippen molar-refractivity contribution in [3.05, 3.63) is 87.0 Å². The minimum absolute atomic E-state index is 0.0854. The van der Waals surface area contributed by atoms with Crippen molar-refractivity contribution in [2.75, 3.05) is 4.90 Å². The molecule has 1 saturated carbocycles. The first kappa shape index (κ1) is 19.4. The molecule has 1 saturated heterocycles. The monoisotopic (exact) mass is 414 g/mol. The van der Waals surface area contributed by atoms with Crippen LogP contribution in [-0.4, -0.2) is 16.7 Å². The van der Waals surface area contributed by atoms with E-state index in [0.717, 1.165) is 32.7 Å². The fourth-order valence-electron chi connectivity index (χ4n) is 5.47. The van der Waals surface area contributed by atoms with E-state index < -0.39 is 16.8 Å². The number of nitrogens with zero attached hydrogens (tertiary/aromatic N) is 2. The number of imide groups is 1. The Morgan fingerprint density at radius 2 is 1.48 bits per heavy atom. The molecule has 156 valence electrons. The number of hydrogen-bond donors (Lipinski definition) is 0. The maximum Gasteiger partial charge on any atom is 0.293 e. The van der Waals surface area contributed by atoms with E-state index in [9.17, 15) is 19.7 Å². The van der Waals surface area contributed by atoms with Crippen molar-refractivity contribution in [1.82, 2.24) is 0 Å². The summed E-state index contributed by atoms with van der Waals surface area (Å²) in [4.78, 5) is 39.2. The summed E-state index contributed by atoms with van der Waals surface area (Å²) >= 11 is 0. The zero-order valence-electron chi connectivity index (χ0n) is 17.5. The maximum absolute atomic E-state index is 13.5. The van der Waals surface area contributed by atoms with Crippen LogP contribution >= 0.6 is 0 Å². The number of fused-ring (bicyclic) bond motifs is 5. The summed E-state index contributed by atoms with van der Waals surface area (Å²) in [5.41, 5.74) is 4.73. The SMILES string of the molecule is CC(=C1[C@H]2C=C[C@H]1[C@H]1C(=O)N(c3cc(C)c(C)cc3[N+](=O)[O-])C(=O)[C@@H]12)c1ccccc1. The average Bonchev–Trinajstić information content (AvgIpc) is 3.39. The van der Waals surface area contributed by atoms with Crippen molar-refractivity contribution < 1.29 is 14.5 Å². The molecule has 6 nitrogen and oxygen atoms in total. The van der Waals surface area contributed by atoms with Crippen LogP contribution in [0.4, 0.5) is 11.4 Å². The van der Waals surface area contributed by atoms with Gasteiger partial charge in [0.15, 0.2) is 0 Å². The van der Waals surface area contributed by atoms with Gasteiger partial charge < -0.3 is 0 Å². The van der Waals surface area contributed by atoms with Gasteiger partial charge in [0, 0.05) is 17.9 Å². The Bertz CT molecular complexity index is 1180. The second kappa shape index (κ2) is 6.74. The molecule has 2 bridgehead atoms. The number of nitro groups is 1. The molecule has 6 heteroatoms. The molecule has 2 amide bonds. The Hall–Kier alpha value is -3.54. The minimum atomic E-state index is -0.520. The maximum atomic E-state index is 13.5. The summed E-state index contributed by atoms with van der Waals surface area (Å²) in [6, 6.07) is 13.0. The van der Waals surface area contributed by atoms with Gasteiger partial charge in [0.2, 0.25) is 11.8 Å². The molecule has 4 atom stereocenters. The molecule has 0 N–H and O–H groups in total. The zero-order chi connectivity index (χ0) is 22.0. The smallest absolute Gasteiger partial charge is 0.274 e. The van der Waals surface area contributed by atoms with Crippen molar-refractivity contribution in [2.24, 2.45) is 23.7 Å². The number of rotatable bonds is 3. The lowest BCUT2D eigenvalue weighted by atomic mass is 9.85. The van der Waals surface area contributed by atoms with Crippen molar-refractivity contribution in [2.45, 2.75) is 20.8 Å². The quantitative estimate of drug-likeness (QED) is 0.318. The van der Waals surface area contributed by atoms with E-state index in [-0.39, 0.29) is 35.0 Å². The van der Waals surface area contributed by atoms with Crippen LogP contribution in [0.5, 0.6) is 0 Å². The molecule has 1 aliphatic heterocycles. The van der Waals surface area contributed by atoms with Crippen LogP contribution in [0.25, 0.3) is 5.57 Å². The van der Waals surface area contributed by atoms with Crippen molar-refractivity contribution >= 4 is 28.8 Å². The molecule has 3 aliphatic rings. The predicted molar refractivity (Wildman–Crippen MR) is 117 cm³/mol. The lowest BCUT2D eigenvalue weighted by Crippen LogP contribution is -2.34. The van der Waals surface area contributed by atoms with E-state index >= 15 is 0 Å². The first-order valence-electron chi connectivity index (χ1n) is 10.4. The normalized spacial score (nSPS) is 26.0. The number of hydrogen-bond acceptors (Lipinski definition) is 4. The number of nitro benzene ring substituents is 1. The Balaban J connectivity index is 1.59. The lowest BCUT2D eigenvalue weighted by Gasteiger charge is -2.20. The van der Waals surface area contributed by atoms with Crippen LogP contribution in [0, 0.1) is 47.6 Å². The zero-order valence-corrected chi connectivity index (χ0v) is 17.5. The van der Waals surface area contributed by atoms with Gasteiger partial charge >= 0.3 is 0 Å². The van der Waals surface area contributed by atoms with Gasteiger partial charge in [0.25, 0.3) is 5.69 Å². The van der Waals surface area contributed by atoms with E-state index in [4.69, 9.17) is 0 Å². The summed E-state index contributed by atoms with van der Waals surface area (Å²) in [5.74, 6) is -1.98. The summed E-state index contributed by atoms with van der Waals surface area (Å²) in [7, 11) is 0. The molecule has 2 aromatic rings. The Morgan fingerprint density at radius 3 is 2.03 bits per heavy atom. The van der Waals surface area contributed by atoms with Gasteiger partial charge in [-0.2, -0.15) is 0 Å². The molecule has 1 heterocycles. The largest absolute Gasteiger partial charge is 0.293 e. The molecule has 0 radical (unpaired) electrons. The Morgan fingerprint density at radius 1 is 0.935 bits per heavy atom. The third-order valence-corrected chi connectivity index (χ3v) is 7.08. The van der Waals surface area contributed by atoms with Gasteiger partial charge in [-0.3, -0.25) is 19.7 Å². The van der Waals surface area contributed by atoms with Crippen LogP contribution in [0.3, 0.4) is 0 Å². The van der Waals surface area contributed by atoms with Crippen LogP contribution in [0.2, 0.25) is 0 Å². The number of benzene rings is 2. The van der Waals surface area contributed by atoms with Crippen molar-refractivity contribution in [3.8, 4) is 0 Å². The lowest BCUT2D eigenvalue weighted by molar-refractivity contribution is -0.384. The summed E-state index contributed by atoms with van der Waals surface area (Å²) in [6.45, 7) is 5.64. The van der Waals surface area contributed by atoms with Crippen molar-refractivity contribution in [1.29, 1.82) is 0 Å². The highest BCUT2D eigenvalue weighted by Gasteiger charge is 2.62. The molecule has 2 fully saturated rings. The molecule has 2 aliphatic carbocycles. The van der Waals surface area contributed by atoms with E-state index in [1.165, 1.54) is 6.07 Å². The first-order valence-corrected chi connectivity index (χ1v) is 10.4. The van der Waals surface area contributed by atoms with Crippen molar-refractivity contribution in [3.63, 3.8) is 0 Å². The van der Waals surface area contributed by atoms with Crippen LogP contribution in [0.15, 0.2) is 60.2 Å². The standard InChI is InChI=1S/C25H22N2O4/c1-13-11-19(20(27(30)31)12-14(13)2)26-24(28)22-17-9-10-18(23(22)25(26)29)21(17)15(3)16-7-5-4-6-8-16/h4-12,17-18,22-23H,1-3H3/t17-,18-,22-,23-/m1/s1. The fourth-order valence-corrected chi connectivity index (χ4v) is 5.47. The number of carbonyl (C=O) groups is 2. The average molecular weight is 414 g/mol. The minimum Gasteiger partial charge on any atom is -0.274 e. The van der Waals surface area contributed by atoms with Gasteiger partial charge in [-0.05, 0) is 49.1 Å². The topological polar surface area (TPSA) is 80.5 Å². The second-order valence-corrected chi connectivity index (χ2v) is 8.63. The Labute approximate surface area is 180 Å². The van der Waals surface area contributed by atoms with Gasteiger partial charge in [0.05, 0.1) is 16.8 Å². The van der Waals surface area contributed by atoms with E-state index in [1.807, 2.05) is 56.3 Å². The number of carbonyl (C=O) groups excluding carboxylic acids is 2. The molecular formula is C25H22N2O4. The molecule has 2 aromatic carbocycles. The fraction of sp³-hybridized carbons (Fsp3) is 0.280. The molecule has 0 unspecified atom stereocenters. The highest BCUT2D eigenvalue weighted by molar-refractivity contribution is 6.24. The van der Waals surface area contributed by atoms with E-state index in [0.29, 0.717) is 0 Å². The molecule has 5 rings (SSSR count). The first-order chi connectivity index (χ1) is 14.8. The van der Waals surface area contributed by atoms with Gasteiger partial charge in [-0.15, -0.1) is 0 Å². The molecule has 0 spiro atoms. The predicted octanol–water partition coefficient (Wildman–Crippen LogP) is 4.61. The summed E-state index contributed by atoms with van der Waals surface area (Å²) in [5, 5.41) is 11.7. The van der Waals surface area contributed by atoms with Gasteiger partial charge in [-0.1, -0.05) is 48.1 Å². The highest BCUT2D eigenvalue weighted by Crippen LogP contribution is 2.58. The molecule has 31 heavy (non-hydrogen) atoms. The third-order valence-electron chi connectivity index (χ3n) is 7.08. The van der Waals surface area contributed by atoms with E-state index in [2.05, 4.69) is 0 Å². The van der Waals surface area contributed by atoms with Crippen LogP contribution < -0.4 is 4.90 Å². The Kier molecular flexibility index (Phi) is 4.22. The van der Waals surface area contributed by atoms with E-state index in [1.54, 1.807) is 13.0 Å². The molecular weight excluding hydrogens is 392 g/mol. The third kappa shape index (κ3) is 2.64. The second-order valence-electron chi connectivity index (χ2n) is 8.63. The number of anilines is 1. The van der Waals surface area contributed by atoms with Gasteiger partial charge in [0.1, 0.15) is 5.69 Å². The summed E-state index contributed by atoms with van der Waals surface area (Å²) < 4.78 is 0. The van der Waals surface area contributed by atoms with Gasteiger partial charge in [-0.25, -0.2) is 4.90 Å². The highest BCUT2D eigenvalue weighted by atomic mass is 16.6. The number of allylic oxidation sites excluding steroid dienone is 4. The van der Waals surface area contributed by atoms with Crippen LogP contribution in [-0.2, 0) is 9.59 Å². The summed E-state index contributed by atoms with van der Waals surface area (Å²) in [6.07, 6.45) is 4.05. The number of amides is 2. The number of aryl methyl sites for hydroxylation is 2. The molecule has 0 aromatic heterocycles.